The molecule has 0 bridgehead atoms. The van der Waals surface area contributed by atoms with Crippen LogP contribution in [0.5, 0.6) is 0 Å². The van der Waals surface area contributed by atoms with E-state index in [2.05, 4.69) is 0 Å². The molecule has 1 saturated carbocycles. The normalized spacial score (nSPS) is 15.8. The molecule has 0 radical (unpaired) electrons. The molecule has 1 fully saturated rings. The minimum atomic E-state index is -0.469. The smallest absolute Gasteiger partial charge is 0.254 e. The highest BCUT2D eigenvalue weighted by Crippen LogP contribution is 2.24. The fourth-order valence-electron chi connectivity index (χ4n) is 2.90. The molecule has 20 heavy (non-hydrogen) atoms. The van der Waals surface area contributed by atoms with Crippen LogP contribution in [0, 0.1) is 0 Å². The number of rotatable bonds is 4. The molecule has 1 aliphatic rings. The SMILES string of the molecule is CCN(C(=O)c1ccc(C(N)=O)cc1)C1CCCCC1. The largest absolute Gasteiger partial charge is 0.366 e. The van der Waals surface area contributed by atoms with Crippen molar-refractivity contribution in [3.63, 3.8) is 0 Å². The van der Waals surface area contributed by atoms with E-state index in [9.17, 15) is 9.59 Å². The summed E-state index contributed by atoms with van der Waals surface area (Å²) in [6, 6.07) is 6.97. The van der Waals surface area contributed by atoms with Crippen LogP contribution in [0.15, 0.2) is 24.3 Å². The lowest BCUT2D eigenvalue weighted by molar-refractivity contribution is 0.0647. The van der Waals surface area contributed by atoms with Crippen LogP contribution in [0.1, 0.15) is 59.7 Å². The molecule has 108 valence electrons. The van der Waals surface area contributed by atoms with Gasteiger partial charge in [-0.1, -0.05) is 19.3 Å². The molecule has 0 heterocycles. The minimum Gasteiger partial charge on any atom is -0.366 e. The second kappa shape index (κ2) is 6.55. The van der Waals surface area contributed by atoms with Gasteiger partial charge < -0.3 is 10.6 Å². The van der Waals surface area contributed by atoms with E-state index in [-0.39, 0.29) is 5.91 Å². The summed E-state index contributed by atoms with van der Waals surface area (Å²) in [5, 5.41) is 0. The Morgan fingerprint density at radius 2 is 1.65 bits per heavy atom. The van der Waals surface area contributed by atoms with Crippen molar-refractivity contribution >= 4 is 11.8 Å². The highest BCUT2D eigenvalue weighted by Gasteiger charge is 2.24. The van der Waals surface area contributed by atoms with E-state index in [1.54, 1.807) is 24.3 Å². The van der Waals surface area contributed by atoms with Crippen LogP contribution in [0.3, 0.4) is 0 Å². The third-order valence-electron chi connectivity index (χ3n) is 4.03. The molecule has 1 aromatic rings. The van der Waals surface area contributed by atoms with E-state index in [0.29, 0.717) is 17.2 Å². The Morgan fingerprint density at radius 3 is 2.15 bits per heavy atom. The van der Waals surface area contributed by atoms with Crippen LogP contribution >= 0.6 is 0 Å². The molecule has 2 N–H and O–H groups in total. The Bertz CT molecular complexity index is 476. The summed E-state index contributed by atoms with van der Waals surface area (Å²) < 4.78 is 0. The van der Waals surface area contributed by atoms with Crippen molar-refractivity contribution in [1.82, 2.24) is 4.90 Å². The van der Waals surface area contributed by atoms with Crippen molar-refractivity contribution in [2.24, 2.45) is 5.73 Å². The molecule has 0 unspecified atom stereocenters. The molecular weight excluding hydrogens is 252 g/mol. The fourth-order valence-corrected chi connectivity index (χ4v) is 2.90. The van der Waals surface area contributed by atoms with E-state index in [1.807, 2.05) is 11.8 Å². The molecule has 4 heteroatoms. The average molecular weight is 274 g/mol. The summed E-state index contributed by atoms with van der Waals surface area (Å²) in [7, 11) is 0. The Morgan fingerprint density at radius 1 is 1.10 bits per heavy atom. The van der Waals surface area contributed by atoms with Crippen molar-refractivity contribution in [2.75, 3.05) is 6.54 Å². The van der Waals surface area contributed by atoms with Gasteiger partial charge >= 0.3 is 0 Å². The summed E-state index contributed by atoms with van der Waals surface area (Å²) in [4.78, 5) is 25.6. The van der Waals surface area contributed by atoms with Crippen LogP contribution in [-0.2, 0) is 0 Å². The third-order valence-corrected chi connectivity index (χ3v) is 4.03. The van der Waals surface area contributed by atoms with Gasteiger partial charge in [-0.3, -0.25) is 9.59 Å². The number of primary amides is 1. The Balaban J connectivity index is 2.13. The molecule has 2 rings (SSSR count). The number of nitrogens with two attached hydrogens (primary N) is 1. The Kier molecular flexibility index (Phi) is 4.77. The predicted molar refractivity (Wildman–Crippen MR) is 78.5 cm³/mol. The first-order chi connectivity index (χ1) is 9.63. The number of benzene rings is 1. The number of carbonyl (C=O) groups is 2. The van der Waals surface area contributed by atoms with Gasteiger partial charge in [-0.15, -0.1) is 0 Å². The maximum absolute atomic E-state index is 12.6. The first-order valence-corrected chi connectivity index (χ1v) is 7.34. The average Bonchev–Trinajstić information content (AvgIpc) is 2.49. The number of carbonyl (C=O) groups excluding carboxylic acids is 2. The van der Waals surface area contributed by atoms with Gasteiger partial charge in [0.15, 0.2) is 0 Å². The molecule has 0 aliphatic heterocycles. The number of amides is 2. The maximum atomic E-state index is 12.6. The van der Waals surface area contributed by atoms with E-state index >= 15 is 0 Å². The van der Waals surface area contributed by atoms with Gasteiger partial charge in [0.1, 0.15) is 0 Å². The van der Waals surface area contributed by atoms with Gasteiger partial charge in [0, 0.05) is 23.7 Å². The van der Waals surface area contributed by atoms with Crippen LogP contribution in [0.2, 0.25) is 0 Å². The van der Waals surface area contributed by atoms with Gasteiger partial charge in [-0.25, -0.2) is 0 Å². The lowest BCUT2D eigenvalue weighted by Gasteiger charge is -2.33. The van der Waals surface area contributed by atoms with Crippen LogP contribution in [0.4, 0.5) is 0 Å². The molecule has 0 aromatic heterocycles. The zero-order valence-electron chi connectivity index (χ0n) is 12.0. The summed E-state index contributed by atoms with van der Waals surface area (Å²) >= 11 is 0. The number of nitrogens with zero attached hydrogens (tertiary/aromatic N) is 1. The van der Waals surface area contributed by atoms with Gasteiger partial charge in [0.2, 0.25) is 5.91 Å². The lowest BCUT2D eigenvalue weighted by Crippen LogP contribution is -2.41. The summed E-state index contributed by atoms with van der Waals surface area (Å²) in [6.07, 6.45) is 5.87. The van der Waals surface area contributed by atoms with Gasteiger partial charge in [0.25, 0.3) is 5.91 Å². The topological polar surface area (TPSA) is 63.4 Å². The second-order valence-electron chi connectivity index (χ2n) is 5.32. The van der Waals surface area contributed by atoms with Gasteiger partial charge in [0.05, 0.1) is 0 Å². The zero-order valence-corrected chi connectivity index (χ0v) is 12.0. The van der Waals surface area contributed by atoms with Gasteiger partial charge in [-0.05, 0) is 44.0 Å². The lowest BCUT2D eigenvalue weighted by atomic mass is 9.93. The van der Waals surface area contributed by atoms with Crippen LogP contribution in [-0.4, -0.2) is 29.3 Å². The van der Waals surface area contributed by atoms with E-state index in [1.165, 1.54) is 19.3 Å². The molecule has 0 atom stereocenters. The summed E-state index contributed by atoms with van der Waals surface area (Å²) in [5.74, 6) is -0.418. The predicted octanol–water partition coefficient (Wildman–Crippen LogP) is 2.58. The maximum Gasteiger partial charge on any atom is 0.254 e. The highest BCUT2D eigenvalue weighted by atomic mass is 16.2. The van der Waals surface area contributed by atoms with E-state index in [4.69, 9.17) is 5.73 Å². The first kappa shape index (κ1) is 14.6. The standard InChI is InChI=1S/C16H22N2O2/c1-2-18(14-6-4-3-5-7-14)16(20)13-10-8-12(9-11-13)15(17)19/h8-11,14H,2-7H2,1H3,(H2,17,19). The number of hydrogen-bond acceptors (Lipinski definition) is 2. The zero-order chi connectivity index (χ0) is 14.5. The van der Waals surface area contributed by atoms with Crippen molar-refractivity contribution < 1.29 is 9.59 Å². The molecule has 1 aliphatic carbocycles. The van der Waals surface area contributed by atoms with Gasteiger partial charge in [-0.2, -0.15) is 0 Å². The van der Waals surface area contributed by atoms with Crippen molar-refractivity contribution in [2.45, 2.75) is 45.1 Å². The summed E-state index contributed by atoms with van der Waals surface area (Å²) in [5.41, 5.74) is 6.27. The fraction of sp³-hybridized carbons (Fsp3) is 0.500. The second-order valence-corrected chi connectivity index (χ2v) is 5.32. The molecule has 0 saturated heterocycles. The quantitative estimate of drug-likeness (QED) is 0.917. The van der Waals surface area contributed by atoms with E-state index < -0.39 is 5.91 Å². The minimum absolute atomic E-state index is 0.0513. The molecule has 1 aromatic carbocycles. The van der Waals surface area contributed by atoms with Crippen LogP contribution < -0.4 is 5.73 Å². The van der Waals surface area contributed by atoms with Crippen molar-refractivity contribution in [3.8, 4) is 0 Å². The molecular formula is C16H22N2O2. The highest BCUT2D eigenvalue weighted by molar-refractivity contribution is 5.97. The van der Waals surface area contributed by atoms with Crippen LogP contribution in [0.25, 0.3) is 0 Å². The molecule has 4 nitrogen and oxygen atoms in total. The Hall–Kier alpha value is -1.84. The number of hydrogen-bond donors (Lipinski definition) is 1. The van der Waals surface area contributed by atoms with Crippen molar-refractivity contribution in [3.05, 3.63) is 35.4 Å². The Labute approximate surface area is 119 Å². The molecule has 0 spiro atoms. The molecule has 2 amide bonds. The third kappa shape index (κ3) is 3.18. The monoisotopic (exact) mass is 274 g/mol. The first-order valence-electron chi connectivity index (χ1n) is 7.34. The van der Waals surface area contributed by atoms with E-state index in [0.717, 1.165) is 19.4 Å². The van der Waals surface area contributed by atoms with Crippen molar-refractivity contribution in [1.29, 1.82) is 0 Å². The summed E-state index contributed by atoms with van der Waals surface area (Å²) in [6.45, 7) is 2.74.